The number of aliphatic imine (C=N–C) groups is 1. The summed E-state index contributed by atoms with van der Waals surface area (Å²) in [5.41, 5.74) is 3.82. The van der Waals surface area contributed by atoms with Gasteiger partial charge in [0.05, 0.1) is 5.69 Å². The van der Waals surface area contributed by atoms with Gasteiger partial charge in [0.2, 0.25) is 0 Å². The first-order valence-corrected chi connectivity index (χ1v) is 8.85. The van der Waals surface area contributed by atoms with Gasteiger partial charge >= 0.3 is 6.36 Å². The van der Waals surface area contributed by atoms with Gasteiger partial charge in [0.15, 0.2) is 0 Å². The number of benzene rings is 3. The van der Waals surface area contributed by atoms with Crippen molar-refractivity contribution in [2.75, 3.05) is 0 Å². The molecule has 4 aromatic rings. The number of halogens is 3. The molecule has 0 spiro atoms. The number of rotatable bonds is 4. The largest absolute Gasteiger partial charge is 0.573 e. The minimum absolute atomic E-state index is 0.264. The highest BCUT2D eigenvalue weighted by atomic mass is 19.4. The molecule has 1 aromatic heterocycles. The molecule has 0 unspecified atom stereocenters. The van der Waals surface area contributed by atoms with Crippen molar-refractivity contribution in [2.24, 2.45) is 4.99 Å². The minimum Gasteiger partial charge on any atom is -0.406 e. The number of hydrogen-bond donors (Lipinski definition) is 0. The van der Waals surface area contributed by atoms with Crippen molar-refractivity contribution in [1.29, 1.82) is 0 Å². The van der Waals surface area contributed by atoms with Crippen LogP contribution in [0.4, 0.5) is 18.9 Å². The number of fused-ring (bicyclic) bond motifs is 3. The van der Waals surface area contributed by atoms with Gasteiger partial charge in [0.1, 0.15) is 5.75 Å². The zero-order valence-electron chi connectivity index (χ0n) is 15.1. The molecule has 0 bridgehead atoms. The van der Waals surface area contributed by atoms with E-state index in [1.807, 2.05) is 18.2 Å². The van der Waals surface area contributed by atoms with Crippen LogP contribution in [0.5, 0.6) is 5.75 Å². The van der Waals surface area contributed by atoms with Crippen LogP contribution in [0.1, 0.15) is 12.5 Å². The Bertz CT molecular complexity index is 1160. The molecule has 142 valence electrons. The fourth-order valence-corrected chi connectivity index (χ4v) is 3.38. The fraction of sp³-hybridized carbons (Fsp3) is 0.136. The van der Waals surface area contributed by atoms with Crippen molar-refractivity contribution < 1.29 is 17.9 Å². The molecule has 0 saturated carbocycles. The first kappa shape index (κ1) is 18.1. The van der Waals surface area contributed by atoms with E-state index in [-0.39, 0.29) is 5.75 Å². The molecule has 0 N–H and O–H groups in total. The van der Waals surface area contributed by atoms with Crippen molar-refractivity contribution in [2.45, 2.75) is 19.8 Å². The summed E-state index contributed by atoms with van der Waals surface area (Å²) in [7, 11) is 0. The lowest BCUT2D eigenvalue weighted by Gasteiger charge is -2.08. The molecule has 0 atom stereocenters. The van der Waals surface area contributed by atoms with E-state index in [2.05, 4.69) is 45.5 Å². The lowest BCUT2D eigenvalue weighted by atomic mass is 10.1. The van der Waals surface area contributed by atoms with Gasteiger partial charge in [-0.05, 0) is 55.0 Å². The number of aromatic nitrogens is 1. The van der Waals surface area contributed by atoms with Gasteiger partial charge in [0, 0.05) is 34.6 Å². The summed E-state index contributed by atoms with van der Waals surface area (Å²) in [5.74, 6) is -0.264. The molecular weight excluding hydrogens is 365 g/mol. The van der Waals surface area contributed by atoms with Gasteiger partial charge in [-0.1, -0.05) is 24.3 Å². The highest BCUT2D eigenvalue weighted by molar-refractivity contribution is 6.09. The molecule has 0 aliphatic heterocycles. The topological polar surface area (TPSA) is 26.5 Å². The van der Waals surface area contributed by atoms with Crippen molar-refractivity contribution in [1.82, 2.24) is 4.57 Å². The quantitative estimate of drug-likeness (QED) is 0.372. The Morgan fingerprint density at radius 1 is 0.929 bits per heavy atom. The van der Waals surface area contributed by atoms with Gasteiger partial charge < -0.3 is 9.30 Å². The molecule has 0 saturated heterocycles. The molecule has 1 heterocycles. The molecule has 0 aliphatic rings. The predicted molar refractivity (Wildman–Crippen MR) is 105 cm³/mol. The third kappa shape index (κ3) is 3.58. The Balaban J connectivity index is 1.64. The lowest BCUT2D eigenvalue weighted by molar-refractivity contribution is -0.274. The van der Waals surface area contributed by atoms with E-state index < -0.39 is 6.36 Å². The molecular formula is C22H17F3N2O. The van der Waals surface area contributed by atoms with Crippen molar-refractivity contribution >= 4 is 33.7 Å². The van der Waals surface area contributed by atoms with E-state index in [1.54, 1.807) is 6.21 Å². The minimum atomic E-state index is -4.70. The molecule has 0 fully saturated rings. The van der Waals surface area contributed by atoms with Crippen LogP contribution in [0.2, 0.25) is 0 Å². The predicted octanol–water partition coefficient (Wildman–Crippen LogP) is 6.46. The summed E-state index contributed by atoms with van der Waals surface area (Å²) < 4.78 is 42.8. The van der Waals surface area contributed by atoms with E-state index in [0.29, 0.717) is 5.69 Å². The second-order valence-corrected chi connectivity index (χ2v) is 6.34. The molecule has 3 aromatic carbocycles. The summed E-state index contributed by atoms with van der Waals surface area (Å²) in [6, 6.07) is 19.9. The maximum absolute atomic E-state index is 12.2. The smallest absolute Gasteiger partial charge is 0.406 e. The zero-order valence-corrected chi connectivity index (χ0v) is 15.1. The van der Waals surface area contributed by atoms with Crippen molar-refractivity contribution in [3.63, 3.8) is 0 Å². The van der Waals surface area contributed by atoms with Crippen LogP contribution in [-0.4, -0.2) is 17.1 Å². The number of aryl methyl sites for hydroxylation is 1. The van der Waals surface area contributed by atoms with Crippen LogP contribution < -0.4 is 4.74 Å². The fourth-order valence-electron chi connectivity index (χ4n) is 3.38. The number of hydrogen-bond acceptors (Lipinski definition) is 2. The number of para-hydroxylation sites is 1. The van der Waals surface area contributed by atoms with E-state index >= 15 is 0 Å². The van der Waals surface area contributed by atoms with Gasteiger partial charge in [-0.15, -0.1) is 13.2 Å². The number of alkyl halides is 3. The second kappa shape index (κ2) is 7.03. The van der Waals surface area contributed by atoms with Crippen LogP contribution in [0.15, 0.2) is 71.7 Å². The van der Waals surface area contributed by atoms with Crippen LogP contribution >= 0.6 is 0 Å². The zero-order chi connectivity index (χ0) is 19.7. The summed E-state index contributed by atoms with van der Waals surface area (Å²) in [6.07, 6.45) is -2.99. The Labute approximate surface area is 159 Å². The molecule has 3 nitrogen and oxygen atoms in total. The third-order valence-corrected chi connectivity index (χ3v) is 4.55. The normalized spacial score (nSPS) is 12.3. The highest BCUT2D eigenvalue weighted by Gasteiger charge is 2.30. The Kier molecular flexibility index (Phi) is 4.55. The number of nitrogens with zero attached hydrogens (tertiary/aromatic N) is 2. The Morgan fingerprint density at radius 3 is 2.36 bits per heavy atom. The van der Waals surface area contributed by atoms with E-state index in [4.69, 9.17) is 0 Å². The second-order valence-electron chi connectivity index (χ2n) is 6.34. The average molecular weight is 382 g/mol. The monoisotopic (exact) mass is 382 g/mol. The maximum atomic E-state index is 12.2. The lowest BCUT2D eigenvalue weighted by Crippen LogP contribution is -2.16. The van der Waals surface area contributed by atoms with Crippen LogP contribution in [-0.2, 0) is 6.54 Å². The van der Waals surface area contributed by atoms with Crippen LogP contribution in [0.25, 0.3) is 21.8 Å². The molecule has 6 heteroatoms. The summed E-state index contributed by atoms with van der Waals surface area (Å²) in [6.45, 7) is 3.00. The summed E-state index contributed by atoms with van der Waals surface area (Å²) in [4.78, 5) is 4.36. The molecule has 0 aliphatic carbocycles. The summed E-state index contributed by atoms with van der Waals surface area (Å²) >= 11 is 0. The van der Waals surface area contributed by atoms with E-state index in [9.17, 15) is 13.2 Å². The third-order valence-electron chi connectivity index (χ3n) is 4.55. The van der Waals surface area contributed by atoms with E-state index in [1.165, 1.54) is 35.2 Å². The van der Waals surface area contributed by atoms with Gasteiger partial charge in [-0.2, -0.15) is 0 Å². The average Bonchev–Trinajstić information content (AvgIpc) is 2.99. The van der Waals surface area contributed by atoms with Crippen LogP contribution in [0.3, 0.4) is 0 Å². The van der Waals surface area contributed by atoms with Gasteiger partial charge in [-0.25, -0.2) is 0 Å². The van der Waals surface area contributed by atoms with E-state index in [0.717, 1.165) is 23.0 Å². The highest BCUT2D eigenvalue weighted by Crippen LogP contribution is 2.30. The van der Waals surface area contributed by atoms with Gasteiger partial charge in [0.25, 0.3) is 0 Å². The molecule has 0 amide bonds. The van der Waals surface area contributed by atoms with Crippen LogP contribution in [0, 0.1) is 0 Å². The maximum Gasteiger partial charge on any atom is 0.573 e. The first-order chi connectivity index (χ1) is 13.4. The standard InChI is InChI=1S/C22H17F3N2O/c1-2-27-20-6-4-3-5-18(20)19-13-15(7-12-21(19)27)14-26-16-8-10-17(11-9-16)28-22(23,24)25/h3-14H,2H2,1H3. The molecule has 4 rings (SSSR count). The van der Waals surface area contributed by atoms with Gasteiger partial charge in [-0.3, -0.25) is 4.99 Å². The summed E-state index contributed by atoms with van der Waals surface area (Å²) in [5, 5.41) is 2.33. The first-order valence-electron chi connectivity index (χ1n) is 8.85. The Hall–Kier alpha value is -3.28. The Morgan fingerprint density at radius 2 is 1.64 bits per heavy atom. The van der Waals surface area contributed by atoms with Crippen molar-refractivity contribution in [3.8, 4) is 5.75 Å². The molecule has 0 radical (unpaired) electrons. The van der Waals surface area contributed by atoms with Crippen molar-refractivity contribution in [3.05, 3.63) is 72.3 Å². The SMILES string of the molecule is CCn1c2ccccc2c2cc(C=Nc3ccc(OC(F)(F)F)cc3)ccc21. The molecule has 28 heavy (non-hydrogen) atoms. The number of ether oxygens (including phenoxy) is 1.